The van der Waals surface area contributed by atoms with Gasteiger partial charge in [-0.25, -0.2) is 9.78 Å². The number of thioether (sulfide) groups is 1. The number of fused-ring (bicyclic) bond motifs is 1. The Hall–Kier alpha value is -2.94. The average molecular weight is 541 g/mol. The number of pyridine rings is 1. The number of carboxylic acid groups (broad SMARTS) is 1. The highest BCUT2D eigenvalue weighted by atomic mass is 35.5. The monoisotopic (exact) mass is 540 g/mol. The van der Waals surface area contributed by atoms with Crippen LogP contribution in [0.3, 0.4) is 0 Å². The number of benzene rings is 2. The molecule has 36 heavy (non-hydrogen) atoms. The van der Waals surface area contributed by atoms with Crippen molar-refractivity contribution in [2.24, 2.45) is 5.92 Å². The highest BCUT2D eigenvalue weighted by Gasteiger charge is 2.42. The number of aliphatic carboxylic acids is 1. The van der Waals surface area contributed by atoms with Gasteiger partial charge in [0.1, 0.15) is 27.9 Å². The summed E-state index contributed by atoms with van der Waals surface area (Å²) in [5.74, 6) is -1.09. The van der Waals surface area contributed by atoms with Crippen LogP contribution in [0.5, 0.6) is 5.75 Å². The predicted molar refractivity (Wildman–Crippen MR) is 148 cm³/mol. The van der Waals surface area contributed by atoms with Crippen molar-refractivity contribution in [1.82, 2.24) is 9.88 Å². The highest BCUT2D eigenvalue weighted by Crippen LogP contribution is 2.37. The van der Waals surface area contributed by atoms with Crippen LogP contribution in [-0.2, 0) is 16.2 Å². The number of thiocarbonyl (C=S) groups is 1. The van der Waals surface area contributed by atoms with Gasteiger partial charge >= 0.3 is 5.97 Å². The van der Waals surface area contributed by atoms with Crippen LogP contribution in [0, 0.1) is 12.8 Å². The lowest BCUT2D eigenvalue weighted by atomic mass is 9.98. The zero-order valence-electron chi connectivity index (χ0n) is 20.0. The van der Waals surface area contributed by atoms with Crippen molar-refractivity contribution in [3.05, 3.63) is 75.3 Å². The third-order valence-corrected chi connectivity index (χ3v) is 7.75. The minimum atomic E-state index is -1.08. The maximum atomic E-state index is 13.2. The molecule has 3 aromatic rings. The van der Waals surface area contributed by atoms with Crippen molar-refractivity contribution in [3.8, 4) is 5.75 Å². The number of amides is 1. The van der Waals surface area contributed by atoms with E-state index in [9.17, 15) is 14.7 Å². The van der Waals surface area contributed by atoms with Crippen LogP contribution in [0.4, 0.5) is 0 Å². The first-order chi connectivity index (χ1) is 17.2. The van der Waals surface area contributed by atoms with Gasteiger partial charge in [0.15, 0.2) is 0 Å². The Kier molecular flexibility index (Phi) is 7.97. The third kappa shape index (κ3) is 5.56. The number of rotatable bonds is 8. The number of hydrogen-bond donors (Lipinski definition) is 1. The summed E-state index contributed by atoms with van der Waals surface area (Å²) < 4.78 is 6.17. The minimum absolute atomic E-state index is 0.218. The molecule has 0 spiro atoms. The molecule has 2 heterocycles. The van der Waals surface area contributed by atoms with Crippen LogP contribution in [-0.4, -0.2) is 37.2 Å². The summed E-state index contributed by atoms with van der Waals surface area (Å²) in [5.41, 5.74) is 3.48. The van der Waals surface area contributed by atoms with Crippen LogP contribution < -0.4 is 4.74 Å². The second-order valence-corrected chi connectivity index (χ2v) is 10.8. The van der Waals surface area contributed by atoms with E-state index in [0.29, 0.717) is 34.8 Å². The zero-order valence-corrected chi connectivity index (χ0v) is 22.4. The van der Waals surface area contributed by atoms with Gasteiger partial charge in [-0.15, -0.1) is 0 Å². The molecule has 1 fully saturated rings. The standard InChI is InChI=1S/C27H25ClN2O4S2/c1-4-16(3)23(26(32)33)30-25(31)22(36-27(30)35)13-19-11-18-12-20(9-10-21(18)29-24(19)28)34-14-17-7-5-15(2)6-8-17/h5-13,16,23H,4,14H2,1-3H3,(H,32,33)/b22-13-/t16-,23-/m0/s1. The summed E-state index contributed by atoms with van der Waals surface area (Å²) >= 11 is 12.9. The Balaban J connectivity index is 1.60. The van der Waals surface area contributed by atoms with E-state index in [4.69, 9.17) is 28.6 Å². The van der Waals surface area contributed by atoms with E-state index >= 15 is 0 Å². The molecule has 1 saturated heterocycles. The highest BCUT2D eigenvalue weighted by molar-refractivity contribution is 8.26. The Morgan fingerprint density at radius 3 is 2.64 bits per heavy atom. The lowest BCUT2D eigenvalue weighted by Gasteiger charge is -2.27. The topological polar surface area (TPSA) is 79.7 Å². The second-order valence-electron chi connectivity index (χ2n) is 8.72. The Labute approximate surface area is 224 Å². The number of carbonyl (C=O) groups excluding carboxylic acids is 1. The maximum Gasteiger partial charge on any atom is 0.327 e. The molecule has 9 heteroatoms. The number of hydrogen-bond acceptors (Lipinski definition) is 6. The summed E-state index contributed by atoms with van der Waals surface area (Å²) in [6, 6.07) is 14.5. The van der Waals surface area contributed by atoms with Gasteiger partial charge in [0, 0.05) is 10.9 Å². The molecule has 0 unspecified atom stereocenters. The molecule has 2 aromatic carbocycles. The van der Waals surface area contributed by atoms with Gasteiger partial charge in [0.25, 0.3) is 5.91 Å². The van der Waals surface area contributed by atoms with E-state index in [-0.39, 0.29) is 15.4 Å². The van der Waals surface area contributed by atoms with E-state index < -0.39 is 17.9 Å². The molecule has 1 aliphatic rings. The zero-order chi connectivity index (χ0) is 26.0. The maximum absolute atomic E-state index is 13.2. The molecule has 0 radical (unpaired) electrons. The number of carboxylic acids is 1. The largest absolute Gasteiger partial charge is 0.489 e. The van der Waals surface area contributed by atoms with Crippen molar-refractivity contribution < 1.29 is 19.4 Å². The van der Waals surface area contributed by atoms with E-state index in [2.05, 4.69) is 4.98 Å². The van der Waals surface area contributed by atoms with Crippen LogP contribution >= 0.6 is 35.6 Å². The van der Waals surface area contributed by atoms with Crippen molar-refractivity contribution >= 4 is 68.8 Å². The Morgan fingerprint density at radius 2 is 1.97 bits per heavy atom. The van der Waals surface area contributed by atoms with Crippen molar-refractivity contribution in [2.75, 3.05) is 0 Å². The van der Waals surface area contributed by atoms with Gasteiger partial charge < -0.3 is 9.84 Å². The molecule has 6 nitrogen and oxygen atoms in total. The summed E-state index contributed by atoms with van der Waals surface area (Å²) in [7, 11) is 0. The third-order valence-electron chi connectivity index (χ3n) is 6.12. The summed E-state index contributed by atoms with van der Waals surface area (Å²) in [5, 5.41) is 10.8. The van der Waals surface area contributed by atoms with Crippen LogP contribution in [0.1, 0.15) is 37.0 Å². The van der Waals surface area contributed by atoms with Crippen LogP contribution in [0.2, 0.25) is 5.15 Å². The van der Waals surface area contributed by atoms with Crippen molar-refractivity contribution in [3.63, 3.8) is 0 Å². The lowest BCUT2D eigenvalue weighted by molar-refractivity contribution is -0.147. The quantitative estimate of drug-likeness (QED) is 0.199. The summed E-state index contributed by atoms with van der Waals surface area (Å²) in [4.78, 5) is 31.0. The lowest BCUT2D eigenvalue weighted by Crippen LogP contribution is -2.47. The van der Waals surface area contributed by atoms with E-state index in [1.165, 1.54) is 10.5 Å². The number of ether oxygens (including phenoxy) is 1. The van der Waals surface area contributed by atoms with E-state index in [0.717, 1.165) is 22.7 Å². The van der Waals surface area contributed by atoms with E-state index in [1.807, 2.05) is 62.4 Å². The first-order valence-corrected chi connectivity index (χ1v) is 13.1. The predicted octanol–water partition coefficient (Wildman–Crippen LogP) is 6.48. The van der Waals surface area contributed by atoms with Crippen molar-refractivity contribution in [2.45, 2.75) is 39.8 Å². The summed E-state index contributed by atoms with van der Waals surface area (Å²) in [6.07, 6.45) is 2.21. The normalized spacial score (nSPS) is 16.6. The molecule has 4 rings (SSSR count). The molecule has 1 aliphatic heterocycles. The molecular formula is C27H25ClN2O4S2. The first-order valence-electron chi connectivity index (χ1n) is 11.5. The molecular weight excluding hydrogens is 516 g/mol. The molecule has 0 saturated carbocycles. The van der Waals surface area contributed by atoms with Crippen LogP contribution in [0.15, 0.2) is 53.4 Å². The number of halogens is 1. The smallest absolute Gasteiger partial charge is 0.327 e. The van der Waals surface area contributed by atoms with Gasteiger partial charge in [0.05, 0.1) is 10.4 Å². The fourth-order valence-electron chi connectivity index (χ4n) is 3.88. The molecule has 186 valence electrons. The second kappa shape index (κ2) is 11.0. The van der Waals surface area contributed by atoms with E-state index in [1.54, 1.807) is 13.0 Å². The fourth-order valence-corrected chi connectivity index (χ4v) is 5.40. The molecule has 1 amide bonds. The van der Waals surface area contributed by atoms with Gasteiger partial charge in [-0.05, 0) is 48.7 Å². The molecule has 0 aliphatic carbocycles. The van der Waals surface area contributed by atoms with Gasteiger partial charge in [-0.1, -0.05) is 85.7 Å². The van der Waals surface area contributed by atoms with Crippen molar-refractivity contribution in [1.29, 1.82) is 0 Å². The number of aromatic nitrogens is 1. The summed E-state index contributed by atoms with van der Waals surface area (Å²) in [6.45, 7) is 6.15. The molecule has 2 atom stereocenters. The minimum Gasteiger partial charge on any atom is -0.489 e. The number of carbonyl (C=O) groups is 2. The Morgan fingerprint density at radius 1 is 1.25 bits per heavy atom. The number of nitrogens with zero attached hydrogens (tertiary/aromatic N) is 2. The van der Waals surface area contributed by atoms with Crippen LogP contribution in [0.25, 0.3) is 17.0 Å². The fraction of sp³-hybridized carbons (Fsp3) is 0.259. The van der Waals surface area contributed by atoms with Gasteiger partial charge in [0.2, 0.25) is 0 Å². The SMILES string of the molecule is CC[C@H](C)[C@@H](C(=O)O)N1C(=O)/C(=C/c2cc3cc(OCc4ccc(C)cc4)ccc3nc2Cl)SC1=S. The van der Waals surface area contributed by atoms with Gasteiger partial charge in [-0.2, -0.15) is 0 Å². The van der Waals surface area contributed by atoms with Gasteiger partial charge in [-0.3, -0.25) is 9.69 Å². The average Bonchev–Trinajstić information content (AvgIpc) is 3.11. The number of aryl methyl sites for hydroxylation is 1. The molecule has 1 N–H and O–H groups in total. The Bertz CT molecular complexity index is 1370. The first kappa shape index (κ1) is 26.1. The molecule has 0 bridgehead atoms. The molecule has 1 aromatic heterocycles.